The zero-order chi connectivity index (χ0) is 17.2. The first-order valence-electron chi connectivity index (χ1n) is 8.63. The van der Waals surface area contributed by atoms with Crippen molar-refractivity contribution in [2.24, 2.45) is 11.7 Å². The summed E-state index contributed by atoms with van der Waals surface area (Å²) in [6, 6.07) is 5.02. The number of benzene rings is 1. The topological polar surface area (TPSA) is 81.4 Å². The predicted molar refractivity (Wildman–Crippen MR) is 102 cm³/mol. The van der Waals surface area contributed by atoms with Gasteiger partial charge in [-0.15, -0.1) is 12.4 Å². The Kier molecular flexibility index (Phi) is 7.05. The van der Waals surface area contributed by atoms with E-state index in [1.165, 1.54) is 12.8 Å². The molecular weight excluding hydrogens is 360 g/mol. The second-order valence-corrected chi connectivity index (χ2v) is 8.50. The molecule has 1 aromatic carbocycles. The maximum absolute atomic E-state index is 12.7. The number of hydrogen-bond donors (Lipinski definition) is 2. The molecule has 1 saturated carbocycles. The van der Waals surface area contributed by atoms with Gasteiger partial charge in [0.05, 0.1) is 4.90 Å². The highest BCUT2D eigenvalue weighted by atomic mass is 35.5. The summed E-state index contributed by atoms with van der Waals surface area (Å²) in [6.45, 7) is 3.12. The van der Waals surface area contributed by atoms with Crippen molar-refractivity contribution in [2.75, 3.05) is 13.2 Å². The minimum Gasteiger partial charge on any atom is -0.381 e. The average Bonchev–Trinajstić information content (AvgIpc) is 3.37. The van der Waals surface area contributed by atoms with Crippen LogP contribution < -0.4 is 10.5 Å². The van der Waals surface area contributed by atoms with E-state index in [4.69, 9.17) is 10.5 Å². The predicted octanol–water partition coefficient (Wildman–Crippen LogP) is 3.01. The highest BCUT2D eigenvalue weighted by Crippen LogP contribution is 2.32. The second kappa shape index (κ2) is 8.64. The van der Waals surface area contributed by atoms with Gasteiger partial charge in [-0.25, -0.2) is 13.1 Å². The van der Waals surface area contributed by atoms with Crippen LogP contribution in [0.2, 0.25) is 0 Å². The Balaban J connectivity index is 0.00000225. The number of halogens is 1. The fourth-order valence-electron chi connectivity index (χ4n) is 2.91. The largest absolute Gasteiger partial charge is 0.381 e. The van der Waals surface area contributed by atoms with Gasteiger partial charge in [-0.3, -0.25) is 0 Å². The first kappa shape index (κ1) is 20.4. The Morgan fingerprint density at radius 3 is 2.52 bits per heavy atom. The number of ether oxygens (including phenoxy) is 1. The molecule has 0 radical (unpaired) electrons. The number of sulfonamides is 1. The molecule has 1 saturated heterocycles. The van der Waals surface area contributed by atoms with Gasteiger partial charge in [0, 0.05) is 25.3 Å². The average molecular weight is 387 g/mol. The van der Waals surface area contributed by atoms with Crippen molar-refractivity contribution >= 4 is 28.5 Å². The summed E-state index contributed by atoms with van der Waals surface area (Å²) in [6.07, 6.45) is 8.03. The van der Waals surface area contributed by atoms with Gasteiger partial charge in [-0.05, 0) is 61.8 Å². The van der Waals surface area contributed by atoms with Gasteiger partial charge in [0.15, 0.2) is 0 Å². The molecule has 2 aliphatic rings. The zero-order valence-electron chi connectivity index (χ0n) is 14.5. The van der Waals surface area contributed by atoms with E-state index >= 15 is 0 Å². The normalized spacial score (nSPS) is 20.4. The lowest BCUT2D eigenvalue weighted by molar-refractivity contribution is 0.0832. The molecular formula is C18H27ClN2O3S. The quantitative estimate of drug-likeness (QED) is 0.787. The zero-order valence-corrected chi connectivity index (χ0v) is 16.1. The van der Waals surface area contributed by atoms with E-state index in [-0.39, 0.29) is 24.5 Å². The molecule has 3 rings (SSSR count). The second-order valence-electron chi connectivity index (χ2n) is 6.78. The van der Waals surface area contributed by atoms with Crippen molar-refractivity contribution in [1.29, 1.82) is 0 Å². The van der Waals surface area contributed by atoms with E-state index in [1.807, 2.05) is 19.1 Å². The Bertz CT molecular complexity index is 709. The fourth-order valence-corrected chi connectivity index (χ4v) is 4.25. The lowest BCUT2D eigenvalue weighted by Gasteiger charge is -2.23. The third-order valence-corrected chi connectivity index (χ3v) is 6.09. The Hall–Kier alpha value is -0.920. The molecule has 1 aliphatic carbocycles. The Morgan fingerprint density at radius 2 is 1.92 bits per heavy atom. The molecule has 0 spiro atoms. The van der Waals surface area contributed by atoms with Gasteiger partial charge in [0.1, 0.15) is 0 Å². The molecule has 3 N–H and O–H groups in total. The molecule has 0 aromatic heterocycles. The minimum absolute atomic E-state index is 0. The van der Waals surface area contributed by atoms with Gasteiger partial charge in [0.25, 0.3) is 0 Å². The van der Waals surface area contributed by atoms with Crippen LogP contribution in [-0.2, 0) is 14.8 Å². The first-order chi connectivity index (χ1) is 11.5. The van der Waals surface area contributed by atoms with Crippen LogP contribution in [0.4, 0.5) is 0 Å². The molecule has 0 amide bonds. The number of rotatable bonds is 6. The molecule has 2 fully saturated rings. The van der Waals surface area contributed by atoms with Crippen LogP contribution >= 0.6 is 12.4 Å². The Labute approximate surface area is 156 Å². The molecule has 140 valence electrons. The summed E-state index contributed by atoms with van der Waals surface area (Å²) in [7, 11) is -3.53. The molecule has 1 aliphatic heterocycles. The molecule has 5 nitrogen and oxygen atoms in total. The highest BCUT2D eigenvalue weighted by Gasteiger charge is 2.23. The minimum atomic E-state index is -3.53. The number of allylic oxidation sites excluding steroid dienone is 1. The molecule has 1 atom stereocenters. The highest BCUT2D eigenvalue weighted by molar-refractivity contribution is 7.89. The molecule has 7 heteroatoms. The van der Waals surface area contributed by atoms with Crippen molar-refractivity contribution in [3.05, 3.63) is 35.4 Å². The smallest absolute Gasteiger partial charge is 0.240 e. The van der Waals surface area contributed by atoms with Crippen LogP contribution in [0.25, 0.3) is 6.08 Å². The van der Waals surface area contributed by atoms with Crippen LogP contribution in [0.1, 0.15) is 49.8 Å². The lowest BCUT2D eigenvalue weighted by Crippen LogP contribution is -2.38. The van der Waals surface area contributed by atoms with Gasteiger partial charge < -0.3 is 10.5 Å². The maximum atomic E-state index is 12.7. The molecule has 25 heavy (non-hydrogen) atoms. The third-order valence-electron chi connectivity index (χ3n) is 4.57. The summed E-state index contributed by atoms with van der Waals surface area (Å²) >= 11 is 0. The maximum Gasteiger partial charge on any atom is 0.240 e. The van der Waals surface area contributed by atoms with Crippen LogP contribution in [0, 0.1) is 5.92 Å². The summed E-state index contributed by atoms with van der Waals surface area (Å²) in [5.41, 5.74) is 7.90. The van der Waals surface area contributed by atoms with E-state index in [9.17, 15) is 8.42 Å². The SMILES string of the molecule is C[C@@H](N)c1ccc(S(=O)(=O)NC2CCOCC2)cc1/C=C/C1CC1.Cl. The van der Waals surface area contributed by atoms with Crippen LogP contribution in [0.5, 0.6) is 0 Å². The van der Waals surface area contributed by atoms with Crippen LogP contribution in [0.3, 0.4) is 0 Å². The monoisotopic (exact) mass is 386 g/mol. The van der Waals surface area contributed by atoms with Crippen molar-refractivity contribution in [3.8, 4) is 0 Å². The molecule has 0 bridgehead atoms. The van der Waals surface area contributed by atoms with E-state index < -0.39 is 10.0 Å². The molecule has 0 unspecified atom stereocenters. The number of nitrogens with two attached hydrogens (primary N) is 1. The lowest BCUT2D eigenvalue weighted by atomic mass is 10.0. The third kappa shape index (κ3) is 5.53. The van der Waals surface area contributed by atoms with E-state index in [0.29, 0.717) is 36.9 Å². The van der Waals surface area contributed by atoms with Gasteiger partial charge in [-0.2, -0.15) is 0 Å². The first-order valence-corrected chi connectivity index (χ1v) is 10.1. The summed E-state index contributed by atoms with van der Waals surface area (Å²) in [5, 5.41) is 0. The van der Waals surface area contributed by atoms with Crippen LogP contribution in [-0.4, -0.2) is 27.7 Å². The number of nitrogens with one attached hydrogen (secondary N) is 1. The van der Waals surface area contributed by atoms with Crippen molar-refractivity contribution in [3.63, 3.8) is 0 Å². The standard InChI is InChI=1S/C18H26N2O3S.ClH/c1-13(19)18-7-6-17(12-15(18)5-4-14-2-3-14)24(21,22)20-16-8-10-23-11-9-16;/h4-7,12-14,16,20H,2-3,8-11,19H2,1H3;1H/b5-4+;/t13-;/m1./s1. The van der Waals surface area contributed by atoms with Crippen LogP contribution in [0.15, 0.2) is 29.2 Å². The summed E-state index contributed by atoms with van der Waals surface area (Å²) in [5.74, 6) is 0.631. The van der Waals surface area contributed by atoms with Gasteiger partial charge in [0.2, 0.25) is 10.0 Å². The summed E-state index contributed by atoms with van der Waals surface area (Å²) < 4.78 is 33.4. The van der Waals surface area contributed by atoms with Crippen molar-refractivity contribution in [1.82, 2.24) is 4.72 Å². The summed E-state index contributed by atoms with van der Waals surface area (Å²) in [4.78, 5) is 0.300. The van der Waals surface area contributed by atoms with Crippen molar-refractivity contribution < 1.29 is 13.2 Å². The Morgan fingerprint density at radius 1 is 1.24 bits per heavy atom. The number of hydrogen-bond acceptors (Lipinski definition) is 4. The van der Waals surface area contributed by atoms with Gasteiger partial charge >= 0.3 is 0 Å². The van der Waals surface area contributed by atoms with Gasteiger partial charge in [-0.1, -0.05) is 18.2 Å². The van der Waals surface area contributed by atoms with Crippen molar-refractivity contribution in [2.45, 2.75) is 49.6 Å². The molecule has 1 aromatic rings. The van der Waals surface area contributed by atoms with E-state index in [2.05, 4.69) is 10.8 Å². The van der Waals surface area contributed by atoms with E-state index in [1.54, 1.807) is 12.1 Å². The fraction of sp³-hybridized carbons (Fsp3) is 0.556. The molecule has 1 heterocycles. The van der Waals surface area contributed by atoms with E-state index in [0.717, 1.165) is 11.1 Å².